The molecular weight excluding hydrogens is 1180 g/mol. The molecule has 24 atom stereocenters. The Hall–Kier alpha value is -2.79. The summed E-state index contributed by atoms with van der Waals surface area (Å²) in [6.07, 6.45) is -13.8. The summed E-state index contributed by atoms with van der Waals surface area (Å²) in [5.74, 6) is -2.06. The minimum absolute atomic E-state index is 0.0188. The first-order chi connectivity index (χ1) is 38.6. The second-order valence-electron chi connectivity index (χ2n) is 26.9. The molecule has 4 saturated carbocycles. The maximum Gasteiger partial charge on any atom is 0.317 e. The highest BCUT2D eigenvalue weighted by molar-refractivity contribution is 14.1. The van der Waals surface area contributed by atoms with Crippen LogP contribution in [0.1, 0.15) is 142 Å². The molecule has 2 amide bonds. The van der Waals surface area contributed by atoms with Crippen molar-refractivity contribution < 1.29 is 93.6 Å². The van der Waals surface area contributed by atoms with Crippen LogP contribution in [0.3, 0.4) is 0 Å². The molecule has 5 aliphatic carbocycles. The molecule has 82 heavy (non-hydrogen) atoms. The molecule has 0 aromatic heterocycles. The van der Waals surface area contributed by atoms with Crippen molar-refractivity contribution in [3.63, 3.8) is 0 Å². The van der Waals surface area contributed by atoms with Gasteiger partial charge in [0.05, 0.1) is 43.0 Å². The Labute approximate surface area is 493 Å². The second-order valence-corrected chi connectivity index (χ2v) is 28.2. The van der Waals surface area contributed by atoms with Crippen LogP contribution in [0.4, 0.5) is 0 Å². The number of aldehydes is 1. The van der Waals surface area contributed by atoms with E-state index < -0.39 is 145 Å². The Balaban J connectivity index is 0.963. The van der Waals surface area contributed by atoms with E-state index in [-0.39, 0.29) is 53.3 Å². The number of carbonyl (C=O) groups excluding carboxylic acids is 4. The van der Waals surface area contributed by atoms with Gasteiger partial charge in [0.25, 0.3) is 5.91 Å². The zero-order chi connectivity index (χ0) is 59.6. The Kier molecular flexibility index (Phi) is 19.0. The molecule has 3 heterocycles. The van der Waals surface area contributed by atoms with Crippen LogP contribution in [0.15, 0.2) is 35.9 Å². The van der Waals surface area contributed by atoms with Crippen LogP contribution in [-0.2, 0) is 42.8 Å². The number of aliphatic hydroxyl groups is 9. The molecular formula is C60H89IN2O19. The molecule has 11 N–H and O–H groups in total. The molecule has 0 radical (unpaired) electrons. The van der Waals surface area contributed by atoms with E-state index in [2.05, 4.69) is 73.9 Å². The number of carbonyl (C=O) groups is 4. The van der Waals surface area contributed by atoms with Crippen LogP contribution < -0.4 is 10.6 Å². The zero-order valence-electron chi connectivity index (χ0n) is 48.2. The lowest BCUT2D eigenvalue weighted by Crippen LogP contribution is -2.69. The summed E-state index contributed by atoms with van der Waals surface area (Å²) in [4.78, 5) is 54.8. The number of aliphatic hydroxyl groups excluding tert-OH is 9. The van der Waals surface area contributed by atoms with Crippen LogP contribution in [-0.4, -0.2) is 188 Å². The van der Waals surface area contributed by atoms with Gasteiger partial charge in [0.2, 0.25) is 12.2 Å². The highest BCUT2D eigenvalue weighted by Crippen LogP contribution is 2.76. The van der Waals surface area contributed by atoms with Crippen molar-refractivity contribution in [3.05, 3.63) is 45.0 Å². The number of esters is 1. The van der Waals surface area contributed by atoms with E-state index in [4.69, 9.17) is 28.4 Å². The van der Waals surface area contributed by atoms with Crippen LogP contribution in [0.2, 0.25) is 0 Å². The molecule has 0 bridgehead atoms. The van der Waals surface area contributed by atoms with E-state index >= 15 is 4.79 Å². The van der Waals surface area contributed by atoms with Gasteiger partial charge in [-0.05, 0) is 164 Å². The standard InChI is InChI=1S/C60H89IN2O19/c1-30-48(80-51-46(73)43(70)35(66)28-77-51)45(72)47(74)52(78-30)81-49-44(71)42(63-41(69)11-9-8-10-24-62-50(75)31-12-14-32(61)15-13-31)36(27-64)79-53(49)82-54(76)60-23-22-55(2,3)25-34(60)33-16-17-38-56(4)20-19-39(67)57(5,29-65)37(56)18-21-58(38,6)59(33,7)26-40(60)68/h12-16,29-30,34-40,42-49,51-53,64,66-68,70-74H,8-11,17-28H2,1-7H3,(H,62,75)(H,63,69)/t30-,34?,35-,36-,37-,38?,39+,40+,42+,43?,44?,45?,46?,47?,48+,49?,51+,52+,53+,56?,57?,58?,59-,60-/m1/s1. The lowest BCUT2D eigenvalue weighted by molar-refractivity contribution is -0.370. The summed E-state index contributed by atoms with van der Waals surface area (Å²) in [7, 11) is 0. The molecule has 1 aromatic carbocycles. The fourth-order valence-electron chi connectivity index (χ4n) is 16.6. The maximum atomic E-state index is 15.7. The van der Waals surface area contributed by atoms with Crippen molar-refractivity contribution in [1.29, 1.82) is 0 Å². The number of fused-ring (bicyclic) bond motifs is 7. The third kappa shape index (κ3) is 11.3. The first kappa shape index (κ1) is 63.7. The van der Waals surface area contributed by atoms with Crippen LogP contribution in [0.5, 0.6) is 0 Å². The first-order valence-corrected chi connectivity index (χ1v) is 30.7. The van der Waals surface area contributed by atoms with Gasteiger partial charge in [0.15, 0.2) is 18.7 Å². The number of hydrogen-bond acceptors (Lipinski definition) is 19. The van der Waals surface area contributed by atoms with E-state index in [1.165, 1.54) is 6.92 Å². The van der Waals surface area contributed by atoms with Crippen LogP contribution in [0.25, 0.3) is 0 Å². The number of rotatable bonds is 16. The molecule has 21 nitrogen and oxygen atoms in total. The fraction of sp³-hybridized carbons (Fsp3) is 0.800. The SMILES string of the molecule is C[C@H]1O[C@@H](OC2C(O)[C@@H](NC(=O)CCCCCNC(=O)c3ccc(I)cc3)[C@@H](CO)O[C@H]2OC(=O)[C@]23CCC(C)(C)CC2C2=CCC4C5(C)CC[C@H](O)C(C)(C=O)[C@@H]5CCC4(C)[C@]2(C)C[C@@H]3O)C(O)C(O)[C@H]1O[C@@H]1OC[C@@H](O)C(O)C1O. The van der Waals surface area contributed by atoms with Crippen LogP contribution in [0, 0.1) is 53.8 Å². The molecule has 1 aromatic rings. The molecule has 7 fully saturated rings. The number of hydrogen-bond donors (Lipinski definition) is 11. The van der Waals surface area contributed by atoms with Crippen molar-refractivity contribution in [2.75, 3.05) is 19.8 Å². The summed E-state index contributed by atoms with van der Waals surface area (Å²) >= 11 is 2.16. The number of amides is 2. The third-order valence-electron chi connectivity index (χ3n) is 21.7. The second kappa shape index (κ2) is 24.4. The molecule has 460 valence electrons. The highest BCUT2D eigenvalue weighted by Gasteiger charge is 2.72. The number of ether oxygens (including phenoxy) is 6. The van der Waals surface area contributed by atoms with Gasteiger partial charge >= 0.3 is 5.97 Å². The van der Waals surface area contributed by atoms with Gasteiger partial charge in [-0.2, -0.15) is 0 Å². The van der Waals surface area contributed by atoms with E-state index in [1.807, 2.05) is 19.1 Å². The van der Waals surface area contributed by atoms with Crippen molar-refractivity contribution in [1.82, 2.24) is 10.6 Å². The third-order valence-corrected chi connectivity index (χ3v) is 22.4. The van der Waals surface area contributed by atoms with Gasteiger partial charge in [0.1, 0.15) is 60.5 Å². The summed E-state index contributed by atoms with van der Waals surface area (Å²) in [6, 6.07) is 5.76. The topological polar surface area (TPSA) is 330 Å². The smallest absolute Gasteiger partial charge is 0.317 e. The normalized spacial score (nSPS) is 46.1. The molecule has 8 aliphatic rings. The predicted octanol–water partition coefficient (Wildman–Crippen LogP) is 2.68. The number of unbranched alkanes of at least 4 members (excludes halogenated alkanes) is 2. The minimum Gasteiger partial charge on any atom is -0.432 e. The molecule has 9 rings (SSSR count). The largest absolute Gasteiger partial charge is 0.432 e. The number of halogens is 1. The predicted molar refractivity (Wildman–Crippen MR) is 300 cm³/mol. The summed E-state index contributed by atoms with van der Waals surface area (Å²) in [5, 5.41) is 107. The Morgan fingerprint density at radius 2 is 1.45 bits per heavy atom. The van der Waals surface area contributed by atoms with Crippen molar-refractivity contribution >= 4 is 46.7 Å². The maximum absolute atomic E-state index is 15.7. The number of benzene rings is 1. The zero-order valence-corrected chi connectivity index (χ0v) is 50.4. The van der Waals surface area contributed by atoms with E-state index in [9.17, 15) is 60.3 Å². The van der Waals surface area contributed by atoms with Gasteiger partial charge in [-0.3, -0.25) is 14.4 Å². The van der Waals surface area contributed by atoms with E-state index in [1.54, 1.807) is 12.1 Å². The van der Waals surface area contributed by atoms with Crippen molar-refractivity contribution in [3.8, 4) is 0 Å². The Morgan fingerprint density at radius 1 is 0.756 bits per heavy atom. The molecule has 3 saturated heterocycles. The van der Waals surface area contributed by atoms with Crippen molar-refractivity contribution in [2.45, 2.75) is 230 Å². The van der Waals surface area contributed by atoms with Gasteiger partial charge in [-0.1, -0.05) is 59.6 Å². The van der Waals surface area contributed by atoms with Gasteiger partial charge in [-0.25, -0.2) is 0 Å². The van der Waals surface area contributed by atoms with E-state index in [0.29, 0.717) is 63.5 Å². The average Bonchev–Trinajstić information content (AvgIpc) is 3.61. The van der Waals surface area contributed by atoms with Crippen LogP contribution >= 0.6 is 22.6 Å². The summed E-state index contributed by atoms with van der Waals surface area (Å²) in [5.41, 5.74) is -2.41. The van der Waals surface area contributed by atoms with Gasteiger partial charge in [0, 0.05) is 22.1 Å². The highest BCUT2D eigenvalue weighted by atomic mass is 127. The monoisotopic (exact) mass is 1270 g/mol. The molecule has 22 heteroatoms. The average molecular weight is 1270 g/mol. The molecule has 3 aliphatic heterocycles. The summed E-state index contributed by atoms with van der Waals surface area (Å²) < 4.78 is 37.5. The quantitative estimate of drug-likeness (QED) is 0.0373. The summed E-state index contributed by atoms with van der Waals surface area (Å²) in [6.45, 7) is 13.6. The lowest BCUT2D eigenvalue weighted by atomic mass is 9.33. The lowest BCUT2D eigenvalue weighted by Gasteiger charge is -2.71. The van der Waals surface area contributed by atoms with Crippen molar-refractivity contribution in [2.24, 2.45) is 50.2 Å². The first-order valence-electron chi connectivity index (χ1n) is 29.6. The van der Waals surface area contributed by atoms with E-state index in [0.717, 1.165) is 28.3 Å². The Bertz CT molecular complexity index is 2510. The molecule has 0 spiro atoms. The minimum atomic E-state index is -1.96. The number of nitrogens with one attached hydrogen (secondary N) is 2. The Morgan fingerprint density at radius 3 is 2.15 bits per heavy atom. The fourth-order valence-corrected chi connectivity index (χ4v) is 16.9. The molecule has 11 unspecified atom stereocenters. The number of allylic oxidation sites excluding steroid dienone is 2. The van der Waals surface area contributed by atoms with Gasteiger partial charge < -0.3 is 89.8 Å². The van der Waals surface area contributed by atoms with Gasteiger partial charge in [-0.15, -0.1) is 0 Å².